The molecular formula is C17H27ClFN3O. The van der Waals surface area contributed by atoms with Gasteiger partial charge in [-0.15, -0.1) is 0 Å². The number of benzene rings is 1. The SMILES string of the molecule is CCc1cc(Cl)c(OC)c(N2CCN(C[C@H](F)CCN)CC2)c1. The van der Waals surface area contributed by atoms with E-state index in [1.165, 1.54) is 5.56 Å². The summed E-state index contributed by atoms with van der Waals surface area (Å²) in [6.45, 7) is 6.34. The van der Waals surface area contributed by atoms with E-state index in [1.807, 2.05) is 6.07 Å². The molecular weight excluding hydrogens is 317 g/mol. The van der Waals surface area contributed by atoms with Gasteiger partial charge in [-0.1, -0.05) is 18.5 Å². The van der Waals surface area contributed by atoms with Crippen LogP contribution in [0.15, 0.2) is 12.1 Å². The highest BCUT2D eigenvalue weighted by Crippen LogP contribution is 2.37. The summed E-state index contributed by atoms with van der Waals surface area (Å²) in [5, 5.41) is 0.649. The third-order valence-corrected chi connectivity index (χ3v) is 4.63. The van der Waals surface area contributed by atoms with Crippen LogP contribution in [-0.4, -0.2) is 57.4 Å². The molecule has 130 valence electrons. The van der Waals surface area contributed by atoms with Crippen LogP contribution in [0.2, 0.25) is 5.02 Å². The maximum atomic E-state index is 13.7. The molecule has 1 aromatic carbocycles. The number of alkyl halides is 1. The molecule has 1 heterocycles. The molecule has 1 atom stereocenters. The van der Waals surface area contributed by atoms with Crippen LogP contribution in [0.5, 0.6) is 5.75 Å². The van der Waals surface area contributed by atoms with Crippen molar-refractivity contribution in [3.05, 3.63) is 22.7 Å². The Morgan fingerprint density at radius 1 is 1.30 bits per heavy atom. The quantitative estimate of drug-likeness (QED) is 0.826. The van der Waals surface area contributed by atoms with Crippen LogP contribution in [0, 0.1) is 0 Å². The van der Waals surface area contributed by atoms with Crippen molar-refractivity contribution < 1.29 is 9.13 Å². The van der Waals surface area contributed by atoms with Gasteiger partial charge in [0.25, 0.3) is 0 Å². The van der Waals surface area contributed by atoms with Crippen molar-refractivity contribution >= 4 is 17.3 Å². The molecule has 0 radical (unpaired) electrons. The average Bonchev–Trinajstić information content (AvgIpc) is 2.55. The molecule has 1 aromatic rings. The average molecular weight is 344 g/mol. The molecule has 2 rings (SSSR count). The van der Waals surface area contributed by atoms with E-state index in [0.29, 0.717) is 24.5 Å². The number of ether oxygens (including phenoxy) is 1. The zero-order valence-corrected chi connectivity index (χ0v) is 14.8. The van der Waals surface area contributed by atoms with Gasteiger partial charge in [-0.05, 0) is 37.1 Å². The van der Waals surface area contributed by atoms with Gasteiger partial charge in [-0.2, -0.15) is 0 Å². The Morgan fingerprint density at radius 3 is 2.57 bits per heavy atom. The minimum absolute atomic E-state index is 0.403. The second kappa shape index (κ2) is 8.71. The molecule has 23 heavy (non-hydrogen) atoms. The van der Waals surface area contributed by atoms with Crippen molar-refractivity contribution in [1.29, 1.82) is 0 Å². The largest absolute Gasteiger partial charge is 0.493 e. The van der Waals surface area contributed by atoms with Crippen LogP contribution < -0.4 is 15.4 Å². The van der Waals surface area contributed by atoms with E-state index in [-0.39, 0.29) is 0 Å². The molecule has 2 N–H and O–H groups in total. The molecule has 0 aliphatic carbocycles. The third kappa shape index (κ3) is 4.72. The first-order valence-electron chi connectivity index (χ1n) is 8.26. The Labute approximate surface area is 143 Å². The van der Waals surface area contributed by atoms with Gasteiger partial charge in [0, 0.05) is 32.7 Å². The molecule has 0 unspecified atom stereocenters. The molecule has 0 aromatic heterocycles. The first kappa shape index (κ1) is 18.3. The number of anilines is 1. The summed E-state index contributed by atoms with van der Waals surface area (Å²) in [5.41, 5.74) is 7.64. The van der Waals surface area contributed by atoms with Crippen molar-refractivity contribution in [3.63, 3.8) is 0 Å². The normalized spacial score (nSPS) is 17.3. The lowest BCUT2D eigenvalue weighted by Gasteiger charge is -2.37. The van der Waals surface area contributed by atoms with E-state index in [4.69, 9.17) is 22.1 Å². The van der Waals surface area contributed by atoms with Crippen molar-refractivity contribution in [3.8, 4) is 5.75 Å². The number of methoxy groups -OCH3 is 1. The Bertz CT molecular complexity index is 507. The second-order valence-corrected chi connectivity index (χ2v) is 6.35. The fourth-order valence-corrected chi connectivity index (χ4v) is 3.31. The number of halogens is 2. The maximum absolute atomic E-state index is 13.7. The molecule has 0 spiro atoms. The number of piperazine rings is 1. The zero-order valence-electron chi connectivity index (χ0n) is 14.0. The molecule has 4 nitrogen and oxygen atoms in total. The Balaban J connectivity index is 2.03. The Hall–Kier alpha value is -1.04. The number of hydrogen-bond donors (Lipinski definition) is 1. The van der Waals surface area contributed by atoms with E-state index >= 15 is 0 Å². The van der Waals surface area contributed by atoms with Gasteiger partial charge < -0.3 is 15.4 Å². The van der Waals surface area contributed by atoms with Crippen LogP contribution in [0.1, 0.15) is 18.9 Å². The number of aryl methyl sites for hydroxylation is 1. The predicted molar refractivity (Wildman–Crippen MR) is 94.6 cm³/mol. The van der Waals surface area contributed by atoms with E-state index in [2.05, 4.69) is 22.8 Å². The Kier molecular flexibility index (Phi) is 6.93. The molecule has 0 amide bonds. The fourth-order valence-electron chi connectivity index (χ4n) is 3.00. The van der Waals surface area contributed by atoms with Crippen molar-refractivity contribution in [2.45, 2.75) is 25.9 Å². The first-order chi connectivity index (χ1) is 11.1. The summed E-state index contributed by atoms with van der Waals surface area (Å²) in [6, 6.07) is 4.10. The molecule has 1 aliphatic heterocycles. The number of nitrogens with two attached hydrogens (primary N) is 1. The standard InChI is InChI=1S/C17H27ClFN3O/c1-3-13-10-15(18)17(23-2)16(11-13)22-8-6-21(7-9-22)12-14(19)4-5-20/h10-11,14H,3-9,12,20H2,1-2H3/t14-/m1/s1. The smallest absolute Gasteiger partial charge is 0.160 e. The lowest BCUT2D eigenvalue weighted by Crippen LogP contribution is -2.48. The third-order valence-electron chi connectivity index (χ3n) is 4.35. The van der Waals surface area contributed by atoms with Gasteiger partial charge in [0.2, 0.25) is 0 Å². The highest BCUT2D eigenvalue weighted by Gasteiger charge is 2.23. The van der Waals surface area contributed by atoms with Crippen LogP contribution in [0.4, 0.5) is 10.1 Å². The summed E-state index contributed by atoms with van der Waals surface area (Å²) in [7, 11) is 1.65. The number of nitrogens with zero attached hydrogens (tertiary/aromatic N) is 2. The van der Waals surface area contributed by atoms with E-state index < -0.39 is 6.17 Å². The van der Waals surface area contributed by atoms with Gasteiger partial charge in [0.15, 0.2) is 5.75 Å². The fraction of sp³-hybridized carbons (Fsp3) is 0.647. The van der Waals surface area contributed by atoms with E-state index in [0.717, 1.165) is 44.0 Å². The molecule has 6 heteroatoms. The molecule has 1 aliphatic rings. The van der Waals surface area contributed by atoms with Crippen LogP contribution in [-0.2, 0) is 6.42 Å². The van der Waals surface area contributed by atoms with Gasteiger partial charge >= 0.3 is 0 Å². The predicted octanol–water partition coefficient (Wildman–Crippen LogP) is 2.72. The van der Waals surface area contributed by atoms with Crippen molar-refractivity contribution in [2.75, 3.05) is 51.3 Å². The summed E-state index contributed by atoms with van der Waals surface area (Å²) >= 11 is 6.34. The van der Waals surface area contributed by atoms with Crippen molar-refractivity contribution in [2.24, 2.45) is 5.73 Å². The lowest BCUT2D eigenvalue weighted by atomic mass is 10.1. The topological polar surface area (TPSA) is 41.7 Å². The van der Waals surface area contributed by atoms with Gasteiger partial charge in [0.1, 0.15) is 6.17 Å². The summed E-state index contributed by atoms with van der Waals surface area (Å²) < 4.78 is 19.2. The van der Waals surface area contributed by atoms with Crippen molar-refractivity contribution in [1.82, 2.24) is 4.90 Å². The van der Waals surface area contributed by atoms with Gasteiger partial charge in [0.05, 0.1) is 17.8 Å². The molecule has 1 fully saturated rings. The Morgan fingerprint density at radius 2 is 2.00 bits per heavy atom. The zero-order chi connectivity index (χ0) is 16.8. The molecule has 0 saturated carbocycles. The summed E-state index contributed by atoms with van der Waals surface area (Å²) in [5.74, 6) is 0.726. The van der Waals surface area contributed by atoms with E-state index in [1.54, 1.807) is 7.11 Å². The number of hydrogen-bond acceptors (Lipinski definition) is 4. The van der Waals surface area contributed by atoms with Crippen LogP contribution in [0.25, 0.3) is 0 Å². The molecule has 1 saturated heterocycles. The van der Waals surface area contributed by atoms with Gasteiger partial charge in [-0.25, -0.2) is 4.39 Å². The number of rotatable bonds is 7. The highest BCUT2D eigenvalue weighted by atomic mass is 35.5. The van der Waals surface area contributed by atoms with Crippen LogP contribution in [0.3, 0.4) is 0 Å². The summed E-state index contributed by atoms with van der Waals surface area (Å²) in [6.07, 6.45) is 0.528. The van der Waals surface area contributed by atoms with E-state index in [9.17, 15) is 4.39 Å². The minimum atomic E-state index is -0.834. The second-order valence-electron chi connectivity index (χ2n) is 5.95. The first-order valence-corrected chi connectivity index (χ1v) is 8.64. The minimum Gasteiger partial charge on any atom is -0.493 e. The van der Waals surface area contributed by atoms with Crippen LogP contribution >= 0.6 is 11.6 Å². The highest BCUT2D eigenvalue weighted by molar-refractivity contribution is 6.32. The molecule has 0 bridgehead atoms. The van der Waals surface area contributed by atoms with Gasteiger partial charge in [-0.3, -0.25) is 4.90 Å². The monoisotopic (exact) mass is 343 g/mol. The summed E-state index contributed by atoms with van der Waals surface area (Å²) in [4.78, 5) is 4.44. The lowest BCUT2D eigenvalue weighted by molar-refractivity contribution is 0.177. The maximum Gasteiger partial charge on any atom is 0.160 e.